The second kappa shape index (κ2) is 12.4. The maximum absolute atomic E-state index is 12.5. The van der Waals surface area contributed by atoms with Gasteiger partial charge in [0.1, 0.15) is 40.1 Å². The Morgan fingerprint density at radius 1 is 0.610 bits per heavy atom. The number of carbonyl (C=O) groups is 1. The Morgan fingerprint density at radius 2 is 1.17 bits per heavy atom. The molecular weight excluding hydrogens is 525 g/mol. The molecule has 6 aromatic rings. The highest BCUT2D eigenvalue weighted by Gasteiger charge is 2.44. The number of rotatable bonds is 10. The standard InChI is InChI=1S/C36H32NO3P/c38-36(39-28-23-24-33-32-21-11-12-22-34(32)40-35(33)27-28)37-25-13-4-14-26-41(29-15-5-1-6-16-29,30-17-7-2-8-18-30)31-19-9-3-10-20-31/h1-3,5-12,15-24,27H,4,13-14,25-26H2/p+1. The van der Waals surface area contributed by atoms with E-state index in [-0.39, 0.29) is 0 Å². The molecule has 0 saturated heterocycles. The Labute approximate surface area is 241 Å². The van der Waals surface area contributed by atoms with Crippen LogP contribution in [0.4, 0.5) is 4.79 Å². The van der Waals surface area contributed by atoms with Crippen molar-refractivity contribution in [2.45, 2.75) is 19.3 Å². The number of ether oxygens (including phenoxy) is 1. The van der Waals surface area contributed by atoms with Gasteiger partial charge in [0.05, 0.1) is 6.16 Å². The van der Waals surface area contributed by atoms with E-state index in [2.05, 4.69) is 96.3 Å². The Balaban J connectivity index is 1.08. The second-order valence-corrected chi connectivity index (χ2v) is 13.8. The quantitative estimate of drug-likeness (QED) is 0.138. The van der Waals surface area contributed by atoms with E-state index in [1.807, 2.05) is 36.4 Å². The molecule has 0 fully saturated rings. The highest BCUT2D eigenvalue weighted by atomic mass is 31.2. The number of hydrogen-bond acceptors (Lipinski definition) is 3. The summed E-state index contributed by atoms with van der Waals surface area (Å²) in [4.78, 5) is 12.5. The van der Waals surface area contributed by atoms with Crippen molar-refractivity contribution >= 4 is 51.2 Å². The zero-order valence-corrected chi connectivity index (χ0v) is 23.8. The SMILES string of the molecule is O=C(NCCCCC[P+](c1ccccc1)(c1ccccc1)c1ccccc1)Oc1ccc2c(c1)oc1ccccc12. The van der Waals surface area contributed by atoms with E-state index < -0.39 is 13.4 Å². The van der Waals surface area contributed by atoms with Gasteiger partial charge in [-0.15, -0.1) is 0 Å². The van der Waals surface area contributed by atoms with E-state index in [1.165, 1.54) is 15.9 Å². The molecule has 5 aromatic carbocycles. The first-order valence-electron chi connectivity index (χ1n) is 14.2. The van der Waals surface area contributed by atoms with Gasteiger partial charge in [-0.2, -0.15) is 0 Å². The van der Waals surface area contributed by atoms with E-state index in [0.29, 0.717) is 17.9 Å². The summed E-state index contributed by atoms with van der Waals surface area (Å²) in [7, 11) is -1.82. The van der Waals surface area contributed by atoms with Crippen molar-refractivity contribution in [3.8, 4) is 5.75 Å². The van der Waals surface area contributed by atoms with Crippen molar-refractivity contribution in [1.29, 1.82) is 0 Å². The zero-order chi connectivity index (χ0) is 27.9. The van der Waals surface area contributed by atoms with Crippen molar-refractivity contribution in [3.05, 3.63) is 133 Å². The summed E-state index contributed by atoms with van der Waals surface area (Å²) in [6.07, 6.45) is 3.59. The van der Waals surface area contributed by atoms with Gasteiger partial charge in [0.2, 0.25) is 0 Å². The number of benzene rings is 5. The third-order valence-electron chi connectivity index (χ3n) is 7.59. The summed E-state index contributed by atoms with van der Waals surface area (Å²) in [5, 5.41) is 9.19. The molecule has 1 aromatic heterocycles. The highest BCUT2D eigenvalue weighted by Crippen LogP contribution is 2.55. The fourth-order valence-electron chi connectivity index (χ4n) is 5.64. The third-order valence-corrected chi connectivity index (χ3v) is 12.1. The van der Waals surface area contributed by atoms with Crippen LogP contribution in [0, 0.1) is 0 Å². The molecule has 0 bridgehead atoms. The van der Waals surface area contributed by atoms with Crippen molar-refractivity contribution in [3.63, 3.8) is 0 Å². The Morgan fingerprint density at radius 3 is 1.80 bits per heavy atom. The van der Waals surface area contributed by atoms with E-state index in [4.69, 9.17) is 9.15 Å². The van der Waals surface area contributed by atoms with Crippen LogP contribution in [0.1, 0.15) is 19.3 Å². The summed E-state index contributed by atoms with van der Waals surface area (Å²) >= 11 is 0. The van der Waals surface area contributed by atoms with Crippen LogP contribution in [0.2, 0.25) is 0 Å². The summed E-state index contributed by atoms with van der Waals surface area (Å²) in [5.41, 5.74) is 1.53. The molecule has 4 nitrogen and oxygen atoms in total. The predicted octanol–water partition coefficient (Wildman–Crippen LogP) is 7.84. The number of unbranched alkanes of at least 4 members (excludes halogenated alkanes) is 2. The second-order valence-electron chi connectivity index (χ2n) is 10.2. The Hall–Kier alpha value is -4.40. The molecule has 1 amide bonds. The predicted molar refractivity (Wildman–Crippen MR) is 172 cm³/mol. The topological polar surface area (TPSA) is 51.5 Å². The van der Waals surface area contributed by atoms with Crippen molar-refractivity contribution in [1.82, 2.24) is 5.32 Å². The number of para-hydroxylation sites is 1. The largest absolute Gasteiger partial charge is 0.456 e. The van der Waals surface area contributed by atoms with Crippen LogP contribution in [0.15, 0.2) is 138 Å². The van der Waals surface area contributed by atoms with Gasteiger partial charge < -0.3 is 14.5 Å². The molecule has 41 heavy (non-hydrogen) atoms. The van der Waals surface area contributed by atoms with E-state index in [0.717, 1.165) is 41.8 Å². The van der Waals surface area contributed by atoms with Crippen LogP contribution in [0.3, 0.4) is 0 Å². The number of nitrogens with one attached hydrogen (secondary N) is 1. The molecule has 0 spiro atoms. The fraction of sp³-hybridized carbons (Fsp3) is 0.139. The number of fused-ring (bicyclic) bond motifs is 3. The van der Waals surface area contributed by atoms with Crippen LogP contribution >= 0.6 is 7.26 Å². The lowest BCUT2D eigenvalue weighted by Gasteiger charge is -2.27. The van der Waals surface area contributed by atoms with Crippen LogP contribution in [0.25, 0.3) is 21.9 Å². The van der Waals surface area contributed by atoms with Crippen molar-refractivity contribution in [2.75, 3.05) is 12.7 Å². The molecule has 0 aliphatic heterocycles. The van der Waals surface area contributed by atoms with Gasteiger partial charge >= 0.3 is 6.09 Å². The van der Waals surface area contributed by atoms with Gasteiger partial charge in [0.15, 0.2) is 0 Å². The molecule has 6 rings (SSSR count). The van der Waals surface area contributed by atoms with E-state index in [1.54, 1.807) is 6.07 Å². The van der Waals surface area contributed by atoms with Crippen molar-refractivity contribution < 1.29 is 13.9 Å². The van der Waals surface area contributed by atoms with Crippen LogP contribution in [-0.4, -0.2) is 18.8 Å². The molecule has 0 aliphatic rings. The van der Waals surface area contributed by atoms with Gasteiger partial charge in [-0.1, -0.05) is 72.8 Å². The monoisotopic (exact) mass is 558 g/mol. The maximum Gasteiger partial charge on any atom is 0.412 e. The highest BCUT2D eigenvalue weighted by molar-refractivity contribution is 7.95. The van der Waals surface area contributed by atoms with Gasteiger partial charge in [-0.05, 0) is 73.9 Å². The lowest BCUT2D eigenvalue weighted by molar-refractivity contribution is 0.200. The van der Waals surface area contributed by atoms with Gasteiger partial charge in [0.25, 0.3) is 0 Å². The first-order valence-corrected chi connectivity index (χ1v) is 16.1. The van der Waals surface area contributed by atoms with Crippen molar-refractivity contribution in [2.24, 2.45) is 0 Å². The lowest BCUT2D eigenvalue weighted by Crippen LogP contribution is -2.33. The van der Waals surface area contributed by atoms with Gasteiger partial charge in [0, 0.05) is 23.4 Å². The summed E-state index contributed by atoms with van der Waals surface area (Å²) in [5.74, 6) is 0.470. The first-order chi connectivity index (χ1) is 20.2. The van der Waals surface area contributed by atoms with Gasteiger partial charge in [-0.25, -0.2) is 4.79 Å². The van der Waals surface area contributed by atoms with Gasteiger partial charge in [-0.3, -0.25) is 0 Å². The number of furan rings is 1. The fourth-order valence-corrected chi connectivity index (χ4v) is 10.0. The van der Waals surface area contributed by atoms with E-state index >= 15 is 0 Å². The number of amides is 1. The molecule has 204 valence electrons. The summed E-state index contributed by atoms with van der Waals surface area (Å²) < 4.78 is 11.5. The summed E-state index contributed by atoms with van der Waals surface area (Å²) in [6, 6.07) is 46.3. The minimum Gasteiger partial charge on any atom is -0.456 e. The normalized spacial score (nSPS) is 11.5. The van der Waals surface area contributed by atoms with Crippen LogP contribution < -0.4 is 26.0 Å². The zero-order valence-electron chi connectivity index (χ0n) is 22.9. The molecular formula is C36H33NO3P+. The molecule has 0 unspecified atom stereocenters. The average molecular weight is 559 g/mol. The van der Waals surface area contributed by atoms with E-state index in [9.17, 15) is 4.79 Å². The van der Waals surface area contributed by atoms with Crippen LogP contribution in [-0.2, 0) is 0 Å². The molecule has 1 heterocycles. The first kappa shape index (κ1) is 26.8. The smallest absolute Gasteiger partial charge is 0.412 e. The maximum atomic E-state index is 12.5. The minimum atomic E-state index is -1.82. The molecule has 1 N–H and O–H groups in total. The molecule has 0 aliphatic carbocycles. The third kappa shape index (κ3) is 5.75. The summed E-state index contributed by atoms with van der Waals surface area (Å²) in [6.45, 7) is 0.569. The lowest BCUT2D eigenvalue weighted by atomic mass is 10.1. The Kier molecular flexibility index (Phi) is 8.11. The molecule has 5 heteroatoms. The van der Waals surface area contributed by atoms with Crippen LogP contribution in [0.5, 0.6) is 5.75 Å². The number of carbonyl (C=O) groups excluding carboxylic acids is 1. The molecule has 0 atom stereocenters. The Bertz CT molecular complexity index is 1640. The average Bonchev–Trinajstić information content (AvgIpc) is 3.40. The molecule has 0 saturated carbocycles. The number of hydrogen-bond donors (Lipinski definition) is 1. The minimum absolute atomic E-state index is 0.444. The molecule has 0 radical (unpaired) electrons.